The molecule has 1 aliphatic heterocycles. The quantitative estimate of drug-likeness (QED) is 0.810. The van der Waals surface area contributed by atoms with Crippen LogP contribution in [0.4, 0.5) is 10.5 Å². The standard InChI is InChI=1S/C12H13BrN2O2/c1-7-4-5-8(6-9(7)13)15-10(16)12(2,3)14-11(15)17/h4-6H,1-3H3,(H,14,17). The Morgan fingerprint density at radius 3 is 2.41 bits per heavy atom. The molecule has 1 aliphatic rings. The Morgan fingerprint density at radius 2 is 1.94 bits per heavy atom. The average Bonchev–Trinajstić information content (AvgIpc) is 2.42. The molecule has 5 heteroatoms. The fraction of sp³-hybridized carbons (Fsp3) is 0.333. The first-order chi connectivity index (χ1) is 7.83. The van der Waals surface area contributed by atoms with Crippen molar-refractivity contribution < 1.29 is 9.59 Å². The van der Waals surface area contributed by atoms with E-state index >= 15 is 0 Å². The van der Waals surface area contributed by atoms with Crippen molar-refractivity contribution in [2.24, 2.45) is 0 Å². The van der Waals surface area contributed by atoms with E-state index in [9.17, 15) is 9.59 Å². The first-order valence-corrected chi connectivity index (χ1v) is 6.05. The number of hydrogen-bond acceptors (Lipinski definition) is 2. The topological polar surface area (TPSA) is 49.4 Å². The van der Waals surface area contributed by atoms with Crippen molar-refractivity contribution in [3.63, 3.8) is 0 Å². The normalized spacial score (nSPS) is 18.5. The van der Waals surface area contributed by atoms with Gasteiger partial charge in [-0.3, -0.25) is 4.79 Å². The number of amides is 3. The Hall–Kier alpha value is -1.36. The van der Waals surface area contributed by atoms with Gasteiger partial charge in [0.1, 0.15) is 5.54 Å². The highest BCUT2D eigenvalue weighted by atomic mass is 79.9. The molecule has 0 aliphatic carbocycles. The van der Waals surface area contributed by atoms with E-state index in [1.165, 1.54) is 4.90 Å². The van der Waals surface area contributed by atoms with Crippen molar-refractivity contribution in [3.8, 4) is 0 Å². The van der Waals surface area contributed by atoms with Crippen LogP contribution in [-0.4, -0.2) is 17.5 Å². The minimum atomic E-state index is -0.839. The number of nitrogens with zero attached hydrogens (tertiary/aromatic N) is 1. The second kappa shape index (κ2) is 3.84. The maximum Gasteiger partial charge on any atom is 0.329 e. The molecular formula is C12H13BrN2O2. The summed E-state index contributed by atoms with van der Waals surface area (Å²) in [6, 6.07) is 5.02. The van der Waals surface area contributed by atoms with Crippen molar-refractivity contribution in [1.29, 1.82) is 0 Å². The summed E-state index contributed by atoms with van der Waals surface area (Å²) < 4.78 is 0.875. The largest absolute Gasteiger partial charge is 0.329 e. The number of carbonyl (C=O) groups is 2. The van der Waals surface area contributed by atoms with Gasteiger partial charge in [-0.2, -0.15) is 0 Å². The summed E-state index contributed by atoms with van der Waals surface area (Å²) in [6.07, 6.45) is 0. The predicted molar refractivity (Wildman–Crippen MR) is 69.0 cm³/mol. The molecule has 1 aromatic rings. The monoisotopic (exact) mass is 296 g/mol. The van der Waals surface area contributed by atoms with Crippen molar-refractivity contribution in [2.45, 2.75) is 26.3 Å². The van der Waals surface area contributed by atoms with Crippen molar-refractivity contribution in [1.82, 2.24) is 5.32 Å². The van der Waals surface area contributed by atoms with Gasteiger partial charge in [0.05, 0.1) is 5.69 Å². The summed E-state index contributed by atoms with van der Waals surface area (Å²) in [5.41, 5.74) is 0.796. The molecule has 17 heavy (non-hydrogen) atoms. The number of imide groups is 1. The third-order valence-corrected chi connectivity index (χ3v) is 3.63. The number of carbonyl (C=O) groups excluding carboxylic acids is 2. The van der Waals surface area contributed by atoms with Crippen molar-refractivity contribution >= 4 is 33.6 Å². The Kier molecular flexibility index (Phi) is 2.73. The van der Waals surface area contributed by atoms with Crippen LogP contribution in [0.1, 0.15) is 19.4 Å². The zero-order valence-electron chi connectivity index (χ0n) is 9.87. The fourth-order valence-corrected chi connectivity index (χ4v) is 2.07. The highest BCUT2D eigenvalue weighted by Gasteiger charge is 2.45. The summed E-state index contributed by atoms with van der Waals surface area (Å²) >= 11 is 3.39. The second-order valence-corrected chi connectivity index (χ2v) is 5.48. The predicted octanol–water partition coefficient (Wildman–Crippen LogP) is 2.59. The van der Waals surface area contributed by atoms with E-state index in [0.29, 0.717) is 5.69 Å². The number of hydrogen-bond donors (Lipinski definition) is 1. The average molecular weight is 297 g/mol. The molecule has 0 aromatic heterocycles. The number of urea groups is 1. The number of nitrogens with one attached hydrogen (secondary N) is 1. The molecule has 90 valence electrons. The molecule has 0 spiro atoms. The smallest absolute Gasteiger partial charge is 0.323 e. The lowest BCUT2D eigenvalue weighted by molar-refractivity contribution is -0.121. The Bertz CT molecular complexity index is 511. The van der Waals surface area contributed by atoms with Gasteiger partial charge >= 0.3 is 6.03 Å². The van der Waals surface area contributed by atoms with E-state index in [1.54, 1.807) is 26.0 Å². The van der Waals surface area contributed by atoms with Crippen molar-refractivity contribution in [3.05, 3.63) is 28.2 Å². The molecule has 1 heterocycles. The van der Waals surface area contributed by atoms with Crippen LogP contribution in [0.3, 0.4) is 0 Å². The van der Waals surface area contributed by atoms with Crippen molar-refractivity contribution in [2.75, 3.05) is 4.90 Å². The van der Waals surface area contributed by atoms with Gasteiger partial charge in [0, 0.05) is 4.47 Å². The van der Waals surface area contributed by atoms with Crippen LogP contribution >= 0.6 is 15.9 Å². The molecule has 0 unspecified atom stereocenters. The summed E-state index contributed by atoms with van der Waals surface area (Å²) in [5.74, 6) is -0.238. The summed E-state index contributed by atoms with van der Waals surface area (Å²) in [6.45, 7) is 5.33. The Morgan fingerprint density at radius 1 is 1.29 bits per heavy atom. The Balaban J connectivity index is 2.44. The molecule has 1 aromatic carbocycles. The van der Waals surface area contributed by atoms with Crippen LogP contribution in [-0.2, 0) is 4.79 Å². The second-order valence-electron chi connectivity index (χ2n) is 4.63. The van der Waals surface area contributed by atoms with E-state index in [1.807, 2.05) is 13.0 Å². The van der Waals surface area contributed by atoms with E-state index in [2.05, 4.69) is 21.2 Å². The minimum absolute atomic E-state index is 0.238. The van der Waals surface area contributed by atoms with Crippen LogP contribution in [0, 0.1) is 6.92 Å². The number of aryl methyl sites for hydroxylation is 1. The highest BCUT2D eigenvalue weighted by molar-refractivity contribution is 9.10. The molecule has 4 nitrogen and oxygen atoms in total. The maximum atomic E-state index is 12.1. The van der Waals surface area contributed by atoms with Crippen LogP contribution in [0.2, 0.25) is 0 Å². The summed E-state index contributed by atoms with van der Waals surface area (Å²) in [4.78, 5) is 25.0. The fourth-order valence-electron chi connectivity index (χ4n) is 1.70. The summed E-state index contributed by atoms with van der Waals surface area (Å²) in [5, 5.41) is 2.65. The van der Waals surface area contributed by atoms with Crippen LogP contribution < -0.4 is 10.2 Å². The highest BCUT2D eigenvalue weighted by Crippen LogP contribution is 2.28. The van der Waals surface area contributed by atoms with Crippen LogP contribution in [0.5, 0.6) is 0 Å². The van der Waals surface area contributed by atoms with E-state index in [0.717, 1.165) is 10.0 Å². The molecule has 1 saturated heterocycles. The number of rotatable bonds is 1. The lowest BCUT2D eigenvalue weighted by Crippen LogP contribution is -2.40. The van der Waals surface area contributed by atoms with Crippen LogP contribution in [0.15, 0.2) is 22.7 Å². The van der Waals surface area contributed by atoms with Gasteiger partial charge in [0.15, 0.2) is 0 Å². The van der Waals surface area contributed by atoms with Gasteiger partial charge in [0.25, 0.3) is 5.91 Å². The summed E-state index contributed by atoms with van der Waals surface area (Å²) in [7, 11) is 0. The molecule has 1 N–H and O–H groups in total. The molecule has 0 saturated carbocycles. The van der Waals surface area contributed by atoms with Gasteiger partial charge in [-0.25, -0.2) is 9.69 Å². The first-order valence-electron chi connectivity index (χ1n) is 5.26. The first kappa shape index (κ1) is 12.1. The number of halogens is 1. The van der Waals surface area contributed by atoms with Gasteiger partial charge < -0.3 is 5.32 Å². The minimum Gasteiger partial charge on any atom is -0.323 e. The molecule has 0 radical (unpaired) electrons. The zero-order chi connectivity index (χ0) is 12.8. The van der Waals surface area contributed by atoms with Crippen LogP contribution in [0.25, 0.3) is 0 Å². The number of anilines is 1. The molecule has 0 bridgehead atoms. The lowest BCUT2D eigenvalue weighted by atomic mass is 10.1. The molecule has 1 fully saturated rings. The molecular weight excluding hydrogens is 284 g/mol. The lowest BCUT2D eigenvalue weighted by Gasteiger charge is -2.16. The van der Waals surface area contributed by atoms with Gasteiger partial charge in [-0.1, -0.05) is 22.0 Å². The maximum absolute atomic E-state index is 12.1. The molecule has 0 atom stereocenters. The molecule has 2 rings (SSSR count). The third kappa shape index (κ3) is 1.95. The van der Waals surface area contributed by atoms with E-state index in [4.69, 9.17) is 0 Å². The third-order valence-electron chi connectivity index (χ3n) is 2.77. The Labute approximate surface area is 108 Å². The SMILES string of the molecule is Cc1ccc(N2C(=O)NC(C)(C)C2=O)cc1Br. The van der Waals surface area contributed by atoms with Gasteiger partial charge in [0.2, 0.25) is 0 Å². The number of benzene rings is 1. The van der Waals surface area contributed by atoms with Gasteiger partial charge in [-0.05, 0) is 38.5 Å². The molecule has 3 amide bonds. The van der Waals surface area contributed by atoms with E-state index in [-0.39, 0.29) is 11.9 Å². The zero-order valence-corrected chi connectivity index (χ0v) is 11.5. The van der Waals surface area contributed by atoms with E-state index < -0.39 is 5.54 Å². The van der Waals surface area contributed by atoms with Gasteiger partial charge in [-0.15, -0.1) is 0 Å².